The van der Waals surface area contributed by atoms with E-state index in [-0.39, 0.29) is 41.0 Å². The summed E-state index contributed by atoms with van der Waals surface area (Å²) < 4.78 is 17.1. The number of pyridine rings is 2. The van der Waals surface area contributed by atoms with Crippen LogP contribution >= 0.6 is 0 Å². The predicted molar refractivity (Wildman–Crippen MR) is 178 cm³/mol. The Kier molecular flexibility index (Phi) is 8.49. The molecule has 1 saturated heterocycles. The lowest BCUT2D eigenvalue weighted by molar-refractivity contribution is -0.135. The van der Waals surface area contributed by atoms with Crippen LogP contribution < -0.4 is 17.0 Å². The Morgan fingerprint density at radius 2 is 1.79 bits per heavy atom. The molecule has 4 aromatic heterocycles. The number of fused-ring (bicyclic) bond motifs is 1. The number of likely N-dealkylation sites (tertiary alicyclic amines) is 1. The lowest BCUT2D eigenvalue weighted by Crippen LogP contribution is -2.40. The van der Waals surface area contributed by atoms with Gasteiger partial charge in [-0.25, -0.2) is 13.9 Å². The fourth-order valence-electron chi connectivity index (χ4n) is 6.69. The molecule has 1 aliphatic heterocycles. The van der Waals surface area contributed by atoms with Gasteiger partial charge in [0.05, 0.1) is 30.6 Å². The van der Waals surface area contributed by atoms with Crippen LogP contribution in [-0.2, 0) is 11.2 Å². The van der Waals surface area contributed by atoms with Crippen LogP contribution in [0.3, 0.4) is 0 Å². The van der Waals surface area contributed by atoms with E-state index in [0.717, 1.165) is 46.5 Å². The van der Waals surface area contributed by atoms with E-state index in [2.05, 4.69) is 21.1 Å². The Hall–Kier alpha value is -5.90. The fraction of sp³-hybridized carbons (Fsp3) is 0.286. The molecule has 5 heterocycles. The maximum absolute atomic E-state index is 14.1. The van der Waals surface area contributed by atoms with Crippen molar-refractivity contribution in [3.8, 4) is 34.0 Å². The number of rotatable bonds is 7. The van der Waals surface area contributed by atoms with Gasteiger partial charge in [-0.1, -0.05) is 38.1 Å². The van der Waals surface area contributed by atoms with Crippen molar-refractivity contribution in [3.05, 3.63) is 93.8 Å². The second-order valence-electron chi connectivity index (χ2n) is 12.2. The average molecular weight is 648 g/mol. The number of carbonyl (C=O) groups is 2. The van der Waals surface area contributed by atoms with Gasteiger partial charge in [-0.3, -0.25) is 23.9 Å². The number of aromatic nitrogens is 5. The lowest BCUT2D eigenvalue weighted by atomic mass is 9.90. The molecule has 0 atom stereocenters. The van der Waals surface area contributed by atoms with Crippen molar-refractivity contribution in [1.29, 1.82) is 5.26 Å². The fourth-order valence-corrected chi connectivity index (χ4v) is 6.69. The molecule has 0 bridgehead atoms. The minimum atomic E-state index is -0.981. The maximum Gasteiger partial charge on any atom is 0.268 e. The molecular weight excluding hydrogens is 613 g/mol. The zero-order valence-electron chi connectivity index (χ0n) is 26.8. The number of halogens is 1. The second-order valence-corrected chi connectivity index (χ2v) is 12.2. The highest BCUT2D eigenvalue weighted by Crippen LogP contribution is 2.38. The largest absolute Gasteiger partial charge is 0.382 e. The van der Waals surface area contributed by atoms with E-state index < -0.39 is 17.3 Å². The molecule has 13 heteroatoms. The first-order valence-corrected chi connectivity index (χ1v) is 15.6. The number of anilines is 1. The number of nitrogen functional groups attached to an aromatic ring is 1. The predicted octanol–water partition coefficient (Wildman–Crippen LogP) is 4.17. The Balaban J connectivity index is 1.44. The first-order chi connectivity index (χ1) is 23.0. The number of nitriles is 1. The third-order valence-corrected chi connectivity index (χ3v) is 9.01. The van der Waals surface area contributed by atoms with Crippen molar-refractivity contribution in [2.24, 2.45) is 11.7 Å². The first-order valence-electron chi connectivity index (χ1n) is 15.6. The van der Waals surface area contributed by atoms with Crippen molar-refractivity contribution in [3.63, 3.8) is 0 Å². The number of piperidine rings is 1. The van der Waals surface area contributed by atoms with Crippen LogP contribution in [0.2, 0.25) is 0 Å². The zero-order chi connectivity index (χ0) is 34.3. The molecule has 1 aliphatic rings. The summed E-state index contributed by atoms with van der Waals surface area (Å²) in [6.45, 7) is 6.75. The van der Waals surface area contributed by atoms with Crippen LogP contribution in [0, 0.1) is 30.0 Å². The molecule has 0 spiro atoms. The van der Waals surface area contributed by atoms with Gasteiger partial charge in [0, 0.05) is 53.5 Å². The maximum atomic E-state index is 14.1. The minimum absolute atomic E-state index is 0.0561. The molecule has 48 heavy (non-hydrogen) atoms. The van der Waals surface area contributed by atoms with Crippen molar-refractivity contribution >= 4 is 23.1 Å². The molecule has 12 nitrogen and oxygen atoms in total. The Bertz CT molecular complexity index is 2170. The van der Waals surface area contributed by atoms with Crippen molar-refractivity contribution in [2.45, 2.75) is 46.0 Å². The second kappa shape index (κ2) is 12.7. The molecule has 2 amide bonds. The molecule has 0 saturated carbocycles. The van der Waals surface area contributed by atoms with Crippen molar-refractivity contribution < 1.29 is 14.0 Å². The molecule has 5 aromatic rings. The van der Waals surface area contributed by atoms with Crippen molar-refractivity contribution in [2.75, 3.05) is 18.8 Å². The molecule has 6 rings (SSSR count). The standard InChI is InChI=1S/C35H34FN9O3/c1-19(2)34(47)43-12-9-22(10-13-43)28-15-27(31-32(38)41-18-42-45(28)31)21-4-6-23(7-5-21)29-26(8-11-37)20(3)44(35(48)30(29)33(39)46)25-14-24(36)16-40-17-25/h4-7,14-19,22H,8-10,12-13H2,1-3H3,(H2,39,46)(H2,38,41,42). The summed E-state index contributed by atoms with van der Waals surface area (Å²) in [5.74, 6) is -1.10. The highest BCUT2D eigenvalue weighted by Gasteiger charge is 2.29. The molecule has 244 valence electrons. The molecule has 0 radical (unpaired) electrons. The van der Waals surface area contributed by atoms with Gasteiger partial charge >= 0.3 is 0 Å². The Morgan fingerprint density at radius 3 is 2.42 bits per heavy atom. The van der Waals surface area contributed by atoms with E-state index in [1.54, 1.807) is 19.1 Å². The van der Waals surface area contributed by atoms with Gasteiger partial charge < -0.3 is 16.4 Å². The number of nitrogens with zero attached hydrogens (tertiary/aromatic N) is 7. The molecule has 4 N–H and O–H groups in total. The summed E-state index contributed by atoms with van der Waals surface area (Å²) in [6, 6.07) is 12.5. The normalized spacial score (nSPS) is 13.6. The first kappa shape index (κ1) is 32.1. The van der Waals surface area contributed by atoms with E-state index in [4.69, 9.17) is 11.5 Å². The number of primary amides is 1. The summed E-state index contributed by atoms with van der Waals surface area (Å²) in [5, 5.41) is 14.3. The number of benzene rings is 1. The van der Waals surface area contributed by atoms with Crippen LogP contribution in [0.4, 0.5) is 10.2 Å². The van der Waals surface area contributed by atoms with Crippen LogP contribution in [0.15, 0.2) is 59.9 Å². The lowest BCUT2D eigenvalue weighted by Gasteiger charge is -2.33. The van der Waals surface area contributed by atoms with Gasteiger partial charge in [-0.15, -0.1) is 0 Å². The van der Waals surface area contributed by atoms with Crippen LogP contribution in [0.5, 0.6) is 0 Å². The SMILES string of the molecule is Cc1c(CC#N)c(-c2ccc(-c3cc(C4CCN(C(=O)C(C)C)CC4)n4ncnc(N)c34)cc2)c(C(N)=O)c(=O)n1-c1cncc(F)c1. The summed E-state index contributed by atoms with van der Waals surface area (Å²) in [7, 11) is 0. The quantitative estimate of drug-likeness (QED) is 0.264. The van der Waals surface area contributed by atoms with Gasteiger partial charge in [-0.2, -0.15) is 10.4 Å². The highest BCUT2D eigenvalue weighted by molar-refractivity contribution is 6.01. The van der Waals surface area contributed by atoms with Gasteiger partial charge in [0.25, 0.3) is 11.5 Å². The third kappa shape index (κ3) is 5.55. The number of hydrogen-bond acceptors (Lipinski definition) is 8. The number of nitrogens with two attached hydrogens (primary N) is 2. The van der Waals surface area contributed by atoms with Crippen LogP contribution in [-0.4, -0.2) is 54.0 Å². The van der Waals surface area contributed by atoms with E-state index in [0.29, 0.717) is 41.2 Å². The highest BCUT2D eigenvalue weighted by atomic mass is 19.1. The summed E-state index contributed by atoms with van der Waals surface area (Å²) in [6.07, 6.45) is 5.13. The topological polar surface area (TPSA) is 178 Å². The average Bonchev–Trinajstić information content (AvgIpc) is 3.46. The third-order valence-electron chi connectivity index (χ3n) is 9.01. The molecular formula is C35H34FN9O3. The Morgan fingerprint density at radius 1 is 1.10 bits per heavy atom. The molecule has 0 aliphatic carbocycles. The van der Waals surface area contributed by atoms with E-state index in [9.17, 15) is 24.0 Å². The van der Waals surface area contributed by atoms with E-state index in [1.807, 2.05) is 41.5 Å². The van der Waals surface area contributed by atoms with Gasteiger partial charge in [0.1, 0.15) is 23.2 Å². The number of amides is 2. The monoisotopic (exact) mass is 647 g/mol. The smallest absolute Gasteiger partial charge is 0.268 e. The molecule has 1 fully saturated rings. The Labute approximate surface area is 275 Å². The summed E-state index contributed by atoms with van der Waals surface area (Å²) in [4.78, 5) is 49.2. The van der Waals surface area contributed by atoms with Gasteiger partial charge in [-0.05, 0) is 42.5 Å². The number of hydrogen-bond donors (Lipinski definition) is 2. The van der Waals surface area contributed by atoms with Crippen molar-refractivity contribution in [1.82, 2.24) is 29.0 Å². The van der Waals surface area contributed by atoms with Crippen LogP contribution in [0.1, 0.15) is 59.9 Å². The minimum Gasteiger partial charge on any atom is -0.382 e. The van der Waals surface area contributed by atoms with Crippen LogP contribution in [0.25, 0.3) is 33.5 Å². The zero-order valence-corrected chi connectivity index (χ0v) is 26.8. The van der Waals surface area contributed by atoms with E-state index >= 15 is 0 Å². The van der Waals surface area contributed by atoms with Gasteiger partial charge in [0.2, 0.25) is 5.91 Å². The number of carbonyl (C=O) groups excluding carboxylic acids is 2. The summed E-state index contributed by atoms with van der Waals surface area (Å²) >= 11 is 0. The van der Waals surface area contributed by atoms with E-state index in [1.165, 1.54) is 12.5 Å². The van der Waals surface area contributed by atoms with Gasteiger partial charge in [0.15, 0.2) is 5.82 Å². The summed E-state index contributed by atoms with van der Waals surface area (Å²) in [5.41, 5.74) is 15.9. The molecule has 0 unspecified atom stereocenters. The molecule has 1 aromatic carbocycles.